The number of nitrogens with zero attached hydrogens (tertiary/aromatic N) is 1. The first-order valence-electron chi connectivity index (χ1n) is 5.99. The molecule has 0 saturated carbocycles. The highest BCUT2D eigenvalue weighted by Crippen LogP contribution is 2.29. The Bertz CT molecular complexity index is 610. The van der Waals surface area contributed by atoms with Crippen LogP contribution in [0.25, 0.3) is 0 Å². The Morgan fingerprint density at radius 1 is 1.40 bits per heavy atom. The summed E-state index contributed by atoms with van der Waals surface area (Å²) in [5.74, 6) is -0.0568. The third kappa shape index (κ3) is 3.67. The predicted octanol–water partition coefficient (Wildman–Crippen LogP) is 2.07. The van der Waals surface area contributed by atoms with Gasteiger partial charge in [-0.1, -0.05) is 6.92 Å². The zero-order valence-corrected chi connectivity index (χ0v) is 12.7. The fraction of sp³-hybridized carbons (Fsp3) is 0.500. The van der Waals surface area contributed by atoms with Gasteiger partial charge in [0, 0.05) is 11.6 Å². The van der Waals surface area contributed by atoms with Crippen molar-refractivity contribution in [2.24, 2.45) is 0 Å². The molecule has 0 atom stereocenters. The van der Waals surface area contributed by atoms with Crippen LogP contribution in [0.5, 0.6) is 5.75 Å². The molecule has 0 saturated heterocycles. The summed E-state index contributed by atoms with van der Waals surface area (Å²) >= 11 is 0. The van der Waals surface area contributed by atoms with E-state index in [0.29, 0.717) is 6.42 Å². The summed E-state index contributed by atoms with van der Waals surface area (Å²) < 4.78 is 32.1. The maximum atomic E-state index is 12.3. The molecule has 20 heavy (non-hydrogen) atoms. The van der Waals surface area contributed by atoms with Crippen LogP contribution in [0.3, 0.4) is 0 Å². The third-order valence-electron chi connectivity index (χ3n) is 2.94. The number of sulfonamides is 1. The molecule has 1 aromatic rings. The van der Waals surface area contributed by atoms with Crippen molar-refractivity contribution in [1.82, 2.24) is 4.72 Å². The zero-order chi connectivity index (χ0) is 15.6. The van der Waals surface area contributed by atoms with Gasteiger partial charge in [-0.05, 0) is 26.3 Å². The molecule has 0 aromatic heterocycles. The second-order valence-electron chi connectivity index (χ2n) is 4.94. The van der Waals surface area contributed by atoms with E-state index < -0.39 is 20.5 Å². The third-order valence-corrected chi connectivity index (χ3v) is 4.68. The molecule has 0 amide bonds. The highest BCUT2D eigenvalue weighted by Gasteiger charge is 2.28. The first-order chi connectivity index (χ1) is 9.13. The van der Waals surface area contributed by atoms with E-state index in [1.807, 2.05) is 6.92 Å². The summed E-state index contributed by atoms with van der Waals surface area (Å²) in [6, 6.07) is 3.40. The van der Waals surface area contributed by atoms with Gasteiger partial charge in [-0.3, -0.25) is 10.1 Å². The molecule has 8 heteroatoms. The van der Waals surface area contributed by atoms with Crippen LogP contribution in [0.1, 0.15) is 27.2 Å². The van der Waals surface area contributed by atoms with E-state index >= 15 is 0 Å². The molecule has 0 unspecified atom stereocenters. The molecule has 0 radical (unpaired) electrons. The van der Waals surface area contributed by atoms with Crippen LogP contribution < -0.4 is 9.46 Å². The number of non-ortho nitro benzene ring substituents is 1. The maximum Gasteiger partial charge on any atom is 0.273 e. The molecule has 0 heterocycles. The molecular weight excluding hydrogens is 284 g/mol. The van der Waals surface area contributed by atoms with E-state index in [4.69, 9.17) is 4.74 Å². The Morgan fingerprint density at radius 3 is 2.45 bits per heavy atom. The Hall–Kier alpha value is -1.67. The van der Waals surface area contributed by atoms with Crippen molar-refractivity contribution in [3.05, 3.63) is 28.3 Å². The lowest BCUT2D eigenvalue weighted by Gasteiger charge is -2.24. The molecule has 0 aliphatic carbocycles. The standard InChI is InChI=1S/C12H18N2O5S/c1-5-12(2,3)13-20(17,18)11-7-6-9(14(15)16)8-10(11)19-4/h6-8,13H,5H2,1-4H3. The fourth-order valence-electron chi connectivity index (χ4n) is 1.48. The molecule has 1 N–H and O–H groups in total. The fourth-order valence-corrected chi connectivity index (χ4v) is 3.12. The zero-order valence-electron chi connectivity index (χ0n) is 11.8. The number of nitro groups is 1. The van der Waals surface area contributed by atoms with Crippen molar-refractivity contribution in [1.29, 1.82) is 0 Å². The summed E-state index contributed by atoms with van der Waals surface area (Å²) in [7, 11) is -2.55. The second-order valence-corrected chi connectivity index (χ2v) is 6.59. The van der Waals surface area contributed by atoms with Gasteiger partial charge in [0.2, 0.25) is 10.0 Å². The first-order valence-corrected chi connectivity index (χ1v) is 7.47. The van der Waals surface area contributed by atoms with Crippen LogP contribution in [-0.2, 0) is 10.0 Å². The summed E-state index contributed by atoms with van der Waals surface area (Å²) in [4.78, 5) is 9.96. The van der Waals surface area contributed by atoms with E-state index in [0.717, 1.165) is 12.1 Å². The number of benzene rings is 1. The van der Waals surface area contributed by atoms with Crippen LogP contribution in [-0.4, -0.2) is 26.0 Å². The highest BCUT2D eigenvalue weighted by molar-refractivity contribution is 7.89. The Morgan fingerprint density at radius 2 is 2.00 bits per heavy atom. The molecule has 7 nitrogen and oxygen atoms in total. The van der Waals surface area contributed by atoms with Gasteiger partial charge in [0.1, 0.15) is 10.6 Å². The average molecular weight is 302 g/mol. The van der Waals surface area contributed by atoms with E-state index in [9.17, 15) is 18.5 Å². The number of ether oxygens (including phenoxy) is 1. The van der Waals surface area contributed by atoms with E-state index in [2.05, 4.69) is 4.72 Å². The number of nitro benzene ring substituents is 1. The van der Waals surface area contributed by atoms with Crippen molar-refractivity contribution in [2.75, 3.05) is 7.11 Å². The van der Waals surface area contributed by atoms with E-state index in [-0.39, 0.29) is 16.3 Å². The molecule has 112 valence electrons. The van der Waals surface area contributed by atoms with Gasteiger partial charge in [-0.2, -0.15) is 0 Å². The van der Waals surface area contributed by atoms with E-state index in [1.165, 1.54) is 13.2 Å². The van der Waals surface area contributed by atoms with Gasteiger partial charge < -0.3 is 4.74 Å². The Kier molecular flexibility index (Phi) is 4.72. The smallest absolute Gasteiger partial charge is 0.273 e. The molecule has 0 aliphatic rings. The maximum absolute atomic E-state index is 12.3. The predicted molar refractivity (Wildman–Crippen MR) is 74.3 cm³/mol. The Balaban J connectivity index is 3.28. The summed E-state index contributed by atoms with van der Waals surface area (Å²) in [5, 5.41) is 10.7. The van der Waals surface area contributed by atoms with Crippen LogP contribution in [0.4, 0.5) is 5.69 Å². The molecule has 0 fully saturated rings. The average Bonchev–Trinajstić information content (AvgIpc) is 2.36. The molecule has 1 aromatic carbocycles. The van der Waals surface area contributed by atoms with Crippen LogP contribution in [0, 0.1) is 10.1 Å². The topological polar surface area (TPSA) is 98.5 Å². The van der Waals surface area contributed by atoms with Gasteiger partial charge in [0.25, 0.3) is 5.69 Å². The first kappa shape index (κ1) is 16.4. The summed E-state index contributed by atoms with van der Waals surface area (Å²) in [6.45, 7) is 5.36. The number of methoxy groups -OCH3 is 1. The lowest BCUT2D eigenvalue weighted by molar-refractivity contribution is -0.385. The minimum Gasteiger partial charge on any atom is -0.495 e. The van der Waals surface area contributed by atoms with Gasteiger partial charge in [0.05, 0.1) is 18.1 Å². The summed E-state index contributed by atoms with van der Waals surface area (Å²) in [5.41, 5.74) is -0.846. The van der Waals surface area contributed by atoms with E-state index in [1.54, 1.807) is 13.8 Å². The lowest BCUT2D eigenvalue weighted by Crippen LogP contribution is -2.42. The number of rotatable bonds is 6. The van der Waals surface area contributed by atoms with Crippen LogP contribution >= 0.6 is 0 Å². The molecule has 0 bridgehead atoms. The summed E-state index contributed by atoms with van der Waals surface area (Å²) in [6.07, 6.45) is 0.599. The quantitative estimate of drug-likeness (QED) is 0.640. The van der Waals surface area contributed by atoms with Gasteiger partial charge in [-0.25, -0.2) is 13.1 Å². The monoisotopic (exact) mass is 302 g/mol. The normalized spacial score (nSPS) is 12.2. The lowest BCUT2D eigenvalue weighted by atomic mass is 10.0. The minimum absolute atomic E-state index is 0.0568. The van der Waals surface area contributed by atoms with Gasteiger partial charge in [-0.15, -0.1) is 0 Å². The minimum atomic E-state index is -3.81. The molecular formula is C12H18N2O5S. The van der Waals surface area contributed by atoms with Crippen molar-refractivity contribution in [2.45, 2.75) is 37.6 Å². The molecule has 0 aliphatic heterocycles. The van der Waals surface area contributed by atoms with Crippen LogP contribution in [0.15, 0.2) is 23.1 Å². The van der Waals surface area contributed by atoms with Crippen LogP contribution in [0.2, 0.25) is 0 Å². The van der Waals surface area contributed by atoms with Gasteiger partial charge in [0.15, 0.2) is 0 Å². The SMILES string of the molecule is CCC(C)(C)NS(=O)(=O)c1ccc([N+](=O)[O-])cc1OC. The number of hydrogen-bond donors (Lipinski definition) is 1. The largest absolute Gasteiger partial charge is 0.495 e. The molecule has 1 rings (SSSR count). The highest BCUT2D eigenvalue weighted by atomic mass is 32.2. The van der Waals surface area contributed by atoms with Crippen molar-refractivity contribution >= 4 is 15.7 Å². The number of hydrogen-bond acceptors (Lipinski definition) is 5. The number of nitrogens with one attached hydrogen (secondary N) is 1. The van der Waals surface area contributed by atoms with Gasteiger partial charge >= 0.3 is 0 Å². The van der Waals surface area contributed by atoms with Crippen molar-refractivity contribution in [3.8, 4) is 5.75 Å². The second kappa shape index (κ2) is 5.76. The molecule has 0 spiro atoms. The van der Waals surface area contributed by atoms with Crippen molar-refractivity contribution in [3.63, 3.8) is 0 Å². The Labute approximate surface area is 118 Å². The van der Waals surface area contributed by atoms with Crippen molar-refractivity contribution < 1.29 is 18.1 Å².